The Balaban J connectivity index is 1.42. The molecule has 0 bridgehead atoms. The Labute approximate surface area is 163 Å². The molecule has 0 aliphatic carbocycles. The van der Waals surface area contributed by atoms with E-state index in [0.29, 0.717) is 19.0 Å². The molecule has 2 heterocycles. The van der Waals surface area contributed by atoms with E-state index in [1.54, 1.807) is 12.0 Å². The van der Waals surface area contributed by atoms with Crippen LogP contribution in [-0.2, 0) is 0 Å². The highest BCUT2D eigenvalue weighted by Gasteiger charge is 2.27. The number of hydrogen-bond acceptors (Lipinski definition) is 6. The number of anilines is 1. The number of carbonyl (C=O) groups is 1. The Morgan fingerprint density at radius 1 is 1.04 bits per heavy atom. The van der Waals surface area contributed by atoms with Crippen molar-refractivity contribution in [3.8, 4) is 17.2 Å². The normalized spacial score (nSPS) is 14.2. The van der Waals surface area contributed by atoms with Gasteiger partial charge in [-0.2, -0.15) is 4.98 Å². The smallest absolute Gasteiger partial charge is 0.295 e. The Bertz CT molecular complexity index is 960. The maximum Gasteiger partial charge on any atom is 0.295 e. The summed E-state index contributed by atoms with van der Waals surface area (Å²) in [5.74, 6) is 1.09. The molecule has 0 atom stereocenters. The third-order valence-electron chi connectivity index (χ3n) is 4.91. The maximum absolute atomic E-state index is 12.8. The van der Waals surface area contributed by atoms with Gasteiger partial charge in [0.15, 0.2) is 0 Å². The number of para-hydroxylation sites is 2. The number of aryl methyl sites for hydroxylation is 1. The molecule has 3 aromatic rings. The van der Waals surface area contributed by atoms with Gasteiger partial charge in [-0.3, -0.25) is 4.79 Å². The third kappa shape index (κ3) is 3.55. The summed E-state index contributed by atoms with van der Waals surface area (Å²) in [5.41, 5.74) is 2.99. The molecule has 1 aromatic heterocycles. The summed E-state index contributed by atoms with van der Waals surface area (Å²) < 4.78 is 10.7. The van der Waals surface area contributed by atoms with Crippen LogP contribution in [0.3, 0.4) is 0 Å². The summed E-state index contributed by atoms with van der Waals surface area (Å²) >= 11 is 0. The van der Waals surface area contributed by atoms with Crippen molar-refractivity contribution in [1.82, 2.24) is 15.0 Å². The molecule has 1 saturated heterocycles. The van der Waals surface area contributed by atoms with Crippen molar-refractivity contribution in [3.63, 3.8) is 0 Å². The lowest BCUT2D eigenvalue weighted by Gasteiger charge is -2.36. The van der Waals surface area contributed by atoms with Gasteiger partial charge >= 0.3 is 0 Å². The second-order valence-corrected chi connectivity index (χ2v) is 6.74. The average molecular weight is 378 g/mol. The molecule has 1 amide bonds. The highest BCUT2D eigenvalue weighted by Crippen LogP contribution is 2.28. The Morgan fingerprint density at radius 2 is 1.75 bits per heavy atom. The number of benzene rings is 2. The van der Waals surface area contributed by atoms with Crippen molar-refractivity contribution in [1.29, 1.82) is 0 Å². The highest BCUT2D eigenvalue weighted by molar-refractivity contribution is 5.91. The number of aromatic nitrogens is 2. The first-order valence-electron chi connectivity index (χ1n) is 9.23. The van der Waals surface area contributed by atoms with Gasteiger partial charge in [-0.05, 0) is 31.2 Å². The Hall–Kier alpha value is -3.35. The average Bonchev–Trinajstić information content (AvgIpc) is 3.24. The second-order valence-electron chi connectivity index (χ2n) is 6.74. The SMILES string of the molecule is COc1ccccc1N1CCN(C(=O)c2noc(-c3ccc(C)cc3)n2)CC1. The van der Waals surface area contributed by atoms with Crippen LogP contribution >= 0.6 is 0 Å². The first kappa shape index (κ1) is 18.0. The van der Waals surface area contributed by atoms with Gasteiger partial charge in [-0.15, -0.1) is 0 Å². The van der Waals surface area contributed by atoms with E-state index in [0.717, 1.165) is 35.7 Å². The van der Waals surface area contributed by atoms with Crippen LogP contribution in [0.15, 0.2) is 53.1 Å². The second kappa shape index (κ2) is 7.72. The molecule has 1 aliphatic rings. The minimum absolute atomic E-state index is 0.0984. The van der Waals surface area contributed by atoms with Gasteiger partial charge in [-0.1, -0.05) is 35.0 Å². The molecule has 4 rings (SSSR count). The number of nitrogens with zero attached hydrogens (tertiary/aromatic N) is 4. The zero-order valence-electron chi connectivity index (χ0n) is 16.0. The number of ether oxygens (including phenoxy) is 1. The number of hydrogen-bond donors (Lipinski definition) is 0. The monoisotopic (exact) mass is 378 g/mol. The standard InChI is InChI=1S/C21H22N4O3/c1-15-7-9-16(10-8-15)20-22-19(23-28-20)21(26)25-13-11-24(12-14-25)17-5-3-4-6-18(17)27-2/h3-10H,11-14H2,1-2H3. The van der Waals surface area contributed by atoms with E-state index < -0.39 is 0 Å². The van der Waals surface area contributed by atoms with Gasteiger partial charge in [0.25, 0.3) is 17.6 Å². The number of rotatable bonds is 4. The van der Waals surface area contributed by atoms with Gasteiger partial charge in [0.05, 0.1) is 12.8 Å². The van der Waals surface area contributed by atoms with Crippen LogP contribution in [0.2, 0.25) is 0 Å². The quantitative estimate of drug-likeness (QED) is 0.695. The molecular formula is C21H22N4O3. The first-order valence-corrected chi connectivity index (χ1v) is 9.23. The lowest BCUT2D eigenvalue weighted by Crippen LogP contribution is -2.49. The van der Waals surface area contributed by atoms with E-state index in [9.17, 15) is 4.79 Å². The van der Waals surface area contributed by atoms with Crippen molar-refractivity contribution < 1.29 is 14.1 Å². The summed E-state index contributed by atoms with van der Waals surface area (Å²) in [4.78, 5) is 21.0. The van der Waals surface area contributed by atoms with E-state index in [1.165, 1.54) is 0 Å². The Morgan fingerprint density at radius 3 is 2.46 bits per heavy atom. The molecule has 0 radical (unpaired) electrons. The number of carbonyl (C=O) groups excluding carboxylic acids is 1. The third-order valence-corrected chi connectivity index (χ3v) is 4.91. The zero-order chi connectivity index (χ0) is 19.5. The molecule has 0 spiro atoms. The fourth-order valence-electron chi connectivity index (χ4n) is 3.31. The lowest BCUT2D eigenvalue weighted by molar-refractivity contribution is 0.0731. The van der Waals surface area contributed by atoms with Crippen LogP contribution in [0.1, 0.15) is 16.2 Å². The van der Waals surface area contributed by atoms with Gasteiger partial charge in [-0.25, -0.2) is 0 Å². The largest absolute Gasteiger partial charge is 0.495 e. The summed E-state index contributed by atoms with van der Waals surface area (Å²) in [7, 11) is 1.67. The van der Waals surface area contributed by atoms with Crippen molar-refractivity contribution >= 4 is 11.6 Å². The molecule has 7 nitrogen and oxygen atoms in total. The molecule has 0 N–H and O–H groups in total. The lowest BCUT2D eigenvalue weighted by atomic mass is 10.1. The molecule has 0 saturated carbocycles. The highest BCUT2D eigenvalue weighted by atomic mass is 16.5. The van der Waals surface area contributed by atoms with E-state index in [4.69, 9.17) is 9.26 Å². The summed E-state index contributed by atoms with van der Waals surface area (Å²) in [5, 5.41) is 3.88. The van der Waals surface area contributed by atoms with Crippen LogP contribution in [0.4, 0.5) is 5.69 Å². The predicted octanol–water partition coefficient (Wildman–Crippen LogP) is 3.02. The van der Waals surface area contributed by atoms with Crippen LogP contribution in [0.5, 0.6) is 5.75 Å². The van der Waals surface area contributed by atoms with Crippen molar-refractivity contribution in [2.24, 2.45) is 0 Å². The molecule has 28 heavy (non-hydrogen) atoms. The van der Waals surface area contributed by atoms with Crippen LogP contribution < -0.4 is 9.64 Å². The van der Waals surface area contributed by atoms with Gasteiger partial charge in [0.2, 0.25) is 0 Å². The molecule has 1 aliphatic heterocycles. The molecule has 0 unspecified atom stereocenters. The van der Waals surface area contributed by atoms with Gasteiger partial charge in [0, 0.05) is 31.7 Å². The van der Waals surface area contributed by atoms with Crippen LogP contribution in [0.25, 0.3) is 11.5 Å². The van der Waals surface area contributed by atoms with Gasteiger partial charge in [0.1, 0.15) is 5.75 Å². The van der Waals surface area contributed by atoms with Crippen molar-refractivity contribution in [2.45, 2.75) is 6.92 Å². The van der Waals surface area contributed by atoms with Crippen LogP contribution in [0, 0.1) is 6.92 Å². The zero-order valence-corrected chi connectivity index (χ0v) is 16.0. The molecular weight excluding hydrogens is 356 g/mol. The minimum Gasteiger partial charge on any atom is -0.495 e. The van der Waals surface area contributed by atoms with Crippen molar-refractivity contribution in [2.75, 3.05) is 38.2 Å². The van der Waals surface area contributed by atoms with E-state index in [1.807, 2.05) is 55.5 Å². The van der Waals surface area contributed by atoms with E-state index in [2.05, 4.69) is 15.0 Å². The number of methoxy groups -OCH3 is 1. The molecule has 7 heteroatoms. The fourth-order valence-corrected chi connectivity index (χ4v) is 3.31. The summed E-state index contributed by atoms with van der Waals surface area (Å²) in [6.45, 7) is 4.62. The van der Waals surface area contributed by atoms with E-state index >= 15 is 0 Å². The van der Waals surface area contributed by atoms with Crippen molar-refractivity contribution in [3.05, 3.63) is 59.9 Å². The fraction of sp³-hybridized carbons (Fsp3) is 0.286. The Kier molecular flexibility index (Phi) is 4.97. The molecule has 2 aromatic carbocycles. The maximum atomic E-state index is 12.8. The first-order chi connectivity index (χ1) is 13.7. The minimum atomic E-state index is -0.207. The summed E-state index contributed by atoms with van der Waals surface area (Å²) in [6.07, 6.45) is 0. The van der Waals surface area contributed by atoms with Gasteiger partial charge < -0.3 is 19.1 Å². The number of piperazine rings is 1. The molecule has 1 fully saturated rings. The number of amides is 1. The van der Waals surface area contributed by atoms with E-state index in [-0.39, 0.29) is 11.7 Å². The molecule has 144 valence electrons. The summed E-state index contributed by atoms with van der Waals surface area (Å²) in [6, 6.07) is 15.7. The van der Waals surface area contributed by atoms with Crippen LogP contribution in [-0.4, -0.2) is 54.2 Å². The topological polar surface area (TPSA) is 71.7 Å². The predicted molar refractivity (Wildman–Crippen MR) is 106 cm³/mol.